The van der Waals surface area contributed by atoms with Crippen molar-refractivity contribution in [3.8, 4) is 22.5 Å². The lowest BCUT2D eigenvalue weighted by atomic mass is 10.00. The normalized spacial score (nSPS) is 22.4. The third-order valence-corrected chi connectivity index (χ3v) is 8.17. The van der Waals surface area contributed by atoms with Crippen LogP contribution in [0.4, 0.5) is 0 Å². The van der Waals surface area contributed by atoms with Gasteiger partial charge in [-0.15, -0.1) is 10.2 Å². The summed E-state index contributed by atoms with van der Waals surface area (Å²) in [6.07, 6.45) is -3.88. The number of hydrogen-bond donors (Lipinski definition) is 4. The number of amides is 1. The minimum atomic E-state index is -4.50. The van der Waals surface area contributed by atoms with Gasteiger partial charge in [0, 0.05) is 5.56 Å². The van der Waals surface area contributed by atoms with Gasteiger partial charge >= 0.3 is 10.3 Å². The van der Waals surface area contributed by atoms with Crippen molar-refractivity contribution in [2.24, 2.45) is 11.7 Å². The number of ether oxygens (including phenoxy) is 1. The van der Waals surface area contributed by atoms with Crippen LogP contribution in [0.2, 0.25) is 0 Å². The van der Waals surface area contributed by atoms with Crippen LogP contribution in [0.25, 0.3) is 22.5 Å². The number of rotatable bonds is 12. The average Bonchev–Trinajstić information content (AvgIpc) is 3.54. The number of carbonyl (C=O) groups excluding carboxylic acids is 1. The highest BCUT2D eigenvalue weighted by Gasteiger charge is 2.43. The number of nitrogens with two attached hydrogens (primary N) is 1. The van der Waals surface area contributed by atoms with E-state index in [1.807, 2.05) is 56.3 Å². The van der Waals surface area contributed by atoms with E-state index in [9.17, 15) is 23.4 Å². The van der Waals surface area contributed by atoms with E-state index in [0.29, 0.717) is 12.2 Å². The van der Waals surface area contributed by atoms with E-state index in [2.05, 4.69) is 21.5 Å². The van der Waals surface area contributed by atoms with Gasteiger partial charge in [-0.25, -0.2) is 4.72 Å². The Hall–Kier alpha value is -3.27. The predicted molar refractivity (Wildman–Crippen MR) is 149 cm³/mol. The fraction of sp³-hybridized carbons (Fsp3) is 0.481. The fourth-order valence-corrected chi connectivity index (χ4v) is 5.26. The second-order valence-corrected chi connectivity index (χ2v) is 11.6. The van der Waals surface area contributed by atoms with Crippen LogP contribution in [0.1, 0.15) is 32.3 Å². The van der Waals surface area contributed by atoms with Crippen LogP contribution in [0.3, 0.4) is 0 Å². The first-order chi connectivity index (χ1) is 19.5. The number of hydrogen-bond acceptors (Lipinski definition) is 11. The Kier molecular flexibility index (Phi) is 9.84. The van der Waals surface area contributed by atoms with Gasteiger partial charge < -0.3 is 20.7 Å². The zero-order valence-electron chi connectivity index (χ0n) is 23.1. The summed E-state index contributed by atoms with van der Waals surface area (Å²) in [6, 6.07) is 15.0. The van der Waals surface area contributed by atoms with E-state index in [0.717, 1.165) is 22.3 Å². The third-order valence-electron chi connectivity index (χ3n) is 7.28. The van der Waals surface area contributed by atoms with Gasteiger partial charge in [0.25, 0.3) is 5.91 Å². The second kappa shape index (κ2) is 13.1. The summed E-state index contributed by atoms with van der Waals surface area (Å²) in [5, 5.41) is 33.5. The molecule has 41 heavy (non-hydrogen) atoms. The number of benzene rings is 2. The number of aliphatic hydroxyl groups excluding tert-OH is 2. The van der Waals surface area contributed by atoms with Crippen molar-refractivity contribution >= 4 is 16.2 Å². The first-order valence-electron chi connectivity index (χ1n) is 13.4. The maximum absolute atomic E-state index is 12.2. The summed E-state index contributed by atoms with van der Waals surface area (Å²) in [4.78, 5) is 13.5. The molecule has 1 saturated heterocycles. The van der Waals surface area contributed by atoms with Gasteiger partial charge in [-0.3, -0.25) is 8.98 Å². The van der Waals surface area contributed by atoms with Crippen molar-refractivity contribution in [2.45, 2.75) is 70.6 Å². The Balaban J connectivity index is 1.30. The van der Waals surface area contributed by atoms with Crippen molar-refractivity contribution in [1.29, 1.82) is 0 Å². The standard InChI is InChI=1S/C27H36N6O7S/c1-4-16(2)23(28)27(36)31-41(37,38)39-15-22-25(35)24(34)21(40-22)12-13-33-30-26(29-32-33)20-11-10-19(14-17(20)3)18-8-6-5-7-9-18/h5-11,14,16,21-25,34-35H,4,12-13,15,28H2,1-3H3,(H,31,36)/t16-,21-,22+,23-,24-,25+/m0/s1. The fourth-order valence-electron chi connectivity index (χ4n) is 4.50. The third kappa shape index (κ3) is 7.52. The Morgan fingerprint density at radius 1 is 1.15 bits per heavy atom. The highest BCUT2D eigenvalue weighted by Crippen LogP contribution is 2.27. The van der Waals surface area contributed by atoms with Crippen LogP contribution >= 0.6 is 0 Å². The molecule has 1 fully saturated rings. The van der Waals surface area contributed by atoms with E-state index >= 15 is 0 Å². The number of carbonyl (C=O) groups is 1. The van der Waals surface area contributed by atoms with Gasteiger partial charge in [-0.1, -0.05) is 68.8 Å². The summed E-state index contributed by atoms with van der Waals surface area (Å²) < 4.78 is 36.6. The molecule has 13 nitrogen and oxygen atoms in total. The summed E-state index contributed by atoms with van der Waals surface area (Å²) in [5.74, 6) is -0.686. The largest absolute Gasteiger partial charge is 0.388 e. The topological polar surface area (TPSA) is 192 Å². The van der Waals surface area contributed by atoms with Gasteiger partial charge in [0.1, 0.15) is 18.3 Å². The first-order valence-corrected chi connectivity index (χ1v) is 14.8. The smallest absolute Gasteiger partial charge is 0.362 e. The molecular formula is C27H36N6O7S. The monoisotopic (exact) mass is 588 g/mol. The van der Waals surface area contributed by atoms with Gasteiger partial charge in [0.05, 0.1) is 25.3 Å². The molecule has 0 spiro atoms. The maximum atomic E-state index is 12.2. The molecule has 0 aliphatic carbocycles. The molecule has 2 heterocycles. The van der Waals surface area contributed by atoms with Gasteiger partial charge in [-0.2, -0.15) is 13.2 Å². The molecule has 3 aromatic rings. The Bertz CT molecular complexity index is 1430. The summed E-state index contributed by atoms with van der Waals surface area (Å²) >= 11 is 0. The highest BCUT2D eigenvalue weighted by molar-refractivity contribution is 7.85. The minimum Gasteiger partial charge on any atom is -0.388 e. The number of nitrogens with one attached hydrogen (secondary N) is 1. The van der Waals surface area contributed by atoms with Gasteiger partial charge in [0.15, 0.2) is 0 Å². The van der Waals surface area contributed by atoms with E-state index in [-0.39, 0.29) is 18.9 Å². The molecule has 222 valence electrons. The van der Waals surface area contributed by atoms with E-state index in [4.69, 9.17) is 14.7 Å². The molecule has 0 saturated carbocycles. The lowest BCUT2D eigenvalue weighted by Gasteiger charge is -2.18. The summed E-state index contributed by atoms with van der Waals surface area (Å²) in [6.45, 7) is 5.13. The van der Waals surface area contributed by atoms with Crippen LogP contribution in [0.15, 0.2) is 48.5 Å². The van der Waals surface area contributed by atoms with Crippen molar-refractivity contribution in [3.05, 3.63) is 54.1 Å². The molecule has 6 atom stereocenters. The van der Waals surface area contributed by atoms with E-state index in [1.54, 1.807) is 11.6 Å². The number of nitrogens with zero attached hydrogens (tertiary/aromatic N) is 4. The quantitative estimate of drug-likeness (QED) is 0.235. The summed E-state index contributed by atoms with van der Waals surface area (Å²) in [5.41, 5.74) is 9.76. The molecule has 0 radical (unpaired) electrons. The molecule has 2 aromatic carbocycles. The molecule has 1 aliphatic rings. The number of aliphatic hydroxyl groups is 2. The van der Waals surface area contributed by atoms with Crippen molar-refractivity contribution < 1.29 is 32.3 Å². The van der Waals surface area contributed by atoms with E-state index in [1.165, 1.54) is 4.80 Å². The molecule has 4 rings (SSSR count). The minimum absolute atomic E-state index is 0.212. The van der Waals surface area contributed by atoms with Crippen LogP contribution in [0, 0.1) is 12.8 Å². The molecule has 1 aliphatic heterocycles. The SMILES string of the molecule is CC[C@H](C)[C@H](N)C(=O)NS(=O)(=O)OC[C@H]1O[C@@H](CCn2nnc(-c3ccc(-c4ccccc4)cc3C)n2)[C@H](O)[C@@H]1O. The molecule has 14 heteroatoms. The van der Waals surface area contributed by atoms with E-state index < -0.39 is 53.3 Å². The molecule has 1 amide bonds. The Labute approximate surface area is 238 Å². The lowest BCUT2D eigenvalue weighted by Crippen LogP contribution is -2.47. The Morgan fingerprint density at radius 2 is 1.85 bits per heavy atom. The van der Waals surface area contributed by atoms with Gasteiger partial charge in [-0.05, 0) is 41.2 Å². The molecular weight excluding hydrogens is 552 g/mol. The number of aryl methyl sites for hydroxylation is 2. The predicted octanol–water partition coefficient (Wildman–Crippen LogP) is 0.946. The van der Waals surface area contributed by atoms with Crippen LogP contribution in [-0.4, -0.2) is 81.8 Å². The maximum Gasteiger partial charge on any atom is 0.362 e. The lowest BCUT2D eigenvalue weighted by molar-refractivity contribution is -0.121. The molecule has 5 N–H and O–H groups in total. The van der Waals surface area contributed by atoms with Crippen molar-refractivity contribution in [3.63, 3.8) is 0 Å². The molecule has 1 aromatic heterocycles. The number of aromatic nitrogens is 4. The zero-order valence-corrected chi connectivity index (χ0v) is 23.9. The molecule has 0 bridgehead atoms. The average molecular weight is 589 g/mol. The second-order valence-electron chi connectivity index (χ2n) is 10.2. The van der Waals surface area contributed by atoms with Crippen molar-refractivity contribution in [1.82, 2.24) is 24.9 Å². The van der Waals surface area contributed by atoms with Crippen molar-refractivity contribution in [2.75, 3.05) is 6.61 Å². The summed E-state index contributed by atoms with van der Waals surface area (Å²) in [7, 11) is -4.50. The molecule has 0 unspecified atom stereocenters. The Morgan fingerprint density at radius 3 is 2.54 bits per heavy atom. The first kappa shape index (κ1) is 30.7. The van der Waals surface area contributed by atoms with Crippen LogP contribution in [0.5, 0.6) is 0 Å². The van der Waals surface area contributed by atoms with Gasteiger partial charge in [0.2, 0.25) is 5.82 Å². The highest BCUT2D eigenvalue weighted by atomic mass is 32.2. The zero-order chi connectivity index (χ0) is 29.7. The number of tetrazole rings is 1. The van der Waals surface area contributed by atoms with Crippen LogP contribution in [-0.2, 0) is 30.6 Å². The van der Waals surface area contributed by atoms with Crippen LogP contribution < -0.4 is 10.5 Å².